The van der Waals surface area contributed by atoms with E-state index in [4.69, 9.17) is 4.42 Å². The van der Waals surface area contributed by atoms with Gasteiger partial charge in [0.15, 0.2) is 0 Å². The van der Waals surface area contributed by atoms with Crippen LogP contribution in [-0.2, 0) is 0 Å². The molecule has 4 aromatic heterocycles. The molecule has 224 valence electrons. The van der Waals surface area contributed by atoms with Crippen molar-refractivity contribution >= 4 is 86.3 Å². The van der Waals surface area contributed by atoms with Crippen molar-refractivity contribution in [2.75, 3.05) is 0 Å². The molecular weight excluding hydrogens is 605 g/mol. The molecule has 0 aliphatic rings. The number of furan rings is 1. The van der Waals surface area contributed by atoms with E-state index in [0.717, 1.165) is 39.0 Å². The van der Waals surface area contributed by atoms with Crippen LogP contribution in [0.2, 0.25) is 0 Å². The molecule has 0 saturated heterocycles. The predicted molar refractivity (Wildman–Crippen MR) is 203 cm³/mol. The summed E-state index contributed by atoms with van der Waals surface area (Å²) in [5.41, 5.74) is 10.0. The van der Waals surface area contributed by atoms with Crippen LogP contribution in [-0.4, -0.2) is 9.13 Å². The Bertz CT molecular complexity index is 3060. The summed E-state index contributed by atoms with van der Waals surface area (Å²) in [4.78, 5) is 0. The minimum Gasteiger partial charge on any atom is -0.439 e. The normalized spacial score (nSPS) is 12.2. The molecule has 11 aromatic rings. The highest BCUT2D eigenvalue weighted by atomic mass is 32.1. The van der Waals surface area contributed by atoms with Gasteiger partial charge in [-0.15, -0.1) is 11.3 Å². The molecule has 4 heterocycles. The van der Waals surface area contributed by atoms with E-state index in [0.29, 0.717) is 0 Å². The largest absolute Gasteiger partial charge is 0.439 e. The highest BCUT2D eigenvalue weighted by Gasteiger charge is 2.20. The van der Waals surface area contributed by atoms with Crippen molar-refractivity contribution in [3.63, 3.8) is 0 Å². The Balaban J connectivity index is 1.09. The summed E-state index contributed by atoms with van der Waals surface area (Å²) in [6.07, 6.45) is 0. The molecular formula is C44H26N2OS. The second-order valence-corrected chi connectivity index (χ2v) is 13.6. The van der Waals surface area contributed by atoms with E-state index in [1.807, 2.05) is 23.5 Å². The Hall–Kier alpha value is -6.10. The highest BCUT2D eigenvalue weighted by molar-refractivity contribution is 7.26. The average molecular weight is 631 g/mol. The molecule has 7 aromatic carbocycles. The standard InChI is InChI=1S/C44H26N2OS/c1-5-16-37-31(10-1)36-26-27(30-14-9-15-33-32-11-4-8-19-41(32)48-43(30)33)20-25-39(36)45(37)28-21-23-29(24-22-28)46-38-17-6-2-12-34(38)42-35-13-3-7-18-40(35)47-44(42)46/h1-26H. The van der Waals surface area contributed by atoms with Gasteiger partial charge in [-0.1, -0.05) is 97.1 Å². The quantitative estimate of drug-likeness (QED) is 0.190. The summed E-state index contributed by atoms with van der Waals surface area (Å²) in [7, 11) is 0. The number of rotatable bonds is 3. The highest BCUT2D eigenvalue weighted by Crippen LogP contribution is 2.42. The van der Waals surface area contributed by atoms with Crippen LogP contribution in [0.25, 0.3) is 97.5 Å². The van der Waals surface area contributed by atoms with Crippen LogP contribution in [0.4, 0.5) is 0 Å². The summed E-state index contributed by atoms with van der Waals surface area (Å²) < 4.78 is 13.8. The Morgan fingerprint density at radius 2 is 1.06 bits per heavy atom. The second-order valence-electron chi connectivity index (χ2n) is 12.5. The van der Waals surface area contributed by atoms with E-state index in [9.17, 15) is 0 Å². The maximum absolute atomic E-state index is 6.49. The van der Waals surface area contributed by atoms with Crippen LogP contribution in [0, 0.1) is 0 Å². The van der Waals surface area contributed by atoms with Crippen molar-refractivity contribution in [2.45, 2.75) is 0 Å². The summed E-state index contributed by atoms with van der Waals surface area (Å²) in [5.74, 6) is 0. The molecule has 0 atom stereocenters. The van der Waals surface area contributed by atoms with Gasteiger partial charge in [-0.3, -0.25) is 4.57 Å². The molecule has 3 nitrogen and oxygen atoms in total. The number of fused-ring (bicyclic) bond motifs is 11. The topological polar surface area (TPSA) is 23.0 Å². The average Bonchev–Trinajstić information content (AvgIpc) is 3.88. The molecule has 48 heavy (non-hydrogen) atoms. The van der Waals surface area contributed by atoms with Gasteiger partial charge < -0.3 is 8.98 Å². The van der Waals surface area contributed by atoms with Crippen molar-refractivity contribution in [3.05, 3.63) is 158 Å². The van der Waals surface area contributed by atoms with Crippen LogP contribution >= 0.6 is 11.3 Å². The van der Waals surface area contributed by atoms with Gasteiger partial charge in [0.05, 0.1) is 21.9 Å². The minimum absolute atomic E-state index is 0.878. The zero-order chi connectivity index (χ0) is 31.3. The minimum atomic E-state index is 0.878. The third-order valence-electron chi connectivity index (χ3n) is 9.95. The first-order chi connectivity index (χ1) is 23.8. The summed E-state index contributed by atoms with van der Waals surface area (Å²) in [5, 5.41) is 8.67. The molecule has 4 heteroatoms. The number of aromatic nitrogens is 2. The number of thiophene rings is 1. The van der Waals surface area contributed by atoms with Gasteiger partial charge in [0, 0.05) is 53.1 Å². The zero-order valence-corrected chi connectivity index (χ0v) is 26.5. The molecule has 0 amide bonds. The fraction of sp³-hybridized carbons (Fsp3) is 0. The van der Waals surface area contributed by atoms with E-state index in [1.165, 1.54) is 58.5 Å². The van der Waals surface area contributed by atoms with Crippen molar-refractivity contribution in [2.24, 2.45) is 0 Å². The first kappa shape index (κ1) is 26.0. The molecule has 0 aliphatic heterocycles. The molecule has 0 bridgehead atoms. The van der Waals surface area contributed by atoms with Crippen LogP contribution < -0.4 is 0 Å². The number of para-hydroxylation sites is 3. The fourth-order valence-electron chi connectivity index (χ4n) is 7.84. The van der Waals surface area contributed by atoms with E-state index >= 15 is 0 Å². The Morgan fingerprint density at radius 3 is 1.90 bits per heavy atom. The van der Waals surface area contributed by atoms with Crippen LogP contribution in [0.3, 0.4) is 0 Å². The lowest BCUT2D eigenvalue weighted by Gasteiger charge is -2.11. The van der Waals surface area contributed by atoms with Crippen molar-refractivity contribution in [1.29, 1.82) is 0 Å². The van der Waals surface area contributed by atoms with Gasteiger partial charge in [0.2, 0.25) is 5.71 Å². The zero-order valence-electron chi connectivity index (χ0n) is 25.7. The van der Waals surface area contributed by atoms with Crippen LogP contribution in [0.15, 0.2) is 162 Å². The molecule has 0 unspecified atom stereocenters. The van der Waals surface area contributed by atoms with Crippen LogP contribution in [0.1, 0.15) is 0 Å². The van der Waals surface area contributed by atoms with E-state index in [-0.39, 0.29) is 0 Å². The molecule has 0 N–H and O–H groups in total. The lowest BCUT2D eigenvalue weighted by Crippen LogP contribution is -1.97. The van der Waals surface area contributed by atoms with Gasteiger partial charge in [-0.05, 0) is 71.8 Å². The van der Waals surface area contributed by atoms with E-state index in [2.05, 4.69) is 155 Å². The van der Waals surface area contributed by atoms with Gasteiger partial charge in [-0.2, -0.15) is 0 Å². The Labute approximate surface area is 279 Å². The first-order valence-electron chi connectivity index (χ1n) is 16.3. The van der Waals surface area contributed by atoms with Crippen LogP contribution in [0.5, 0.6) is 0 Å². The molecule has 0 saturated carbocycles. The van der Waals surface area contributed by atoms with Gasteiger partial charge >= 0.3 is 0 Å². The number of nitrogens with zero attached hydrogens (tertiary/aromatic N) is 2. The van der Waals surface area contributed by atoms with Crippen molar-refractivity contribution < 1.29 is 4.42 Å². The molecule has 0 aliphatic carbocycles. The van der Waals surface area contributed by atoms with Crippen molar-refractivity contribution in [3.8, 4) is 22.5 Å². The second kappa shape index (κ2) is 9.71. The Kier molecular flexibility index (Phi) is 5.26. The fourth-order valence-corrected chi connectivity index (χ4v) is 9.08. The third kappa shape index (κ3) is 3.52. The molecule has 11 rings (SSSR count). The number of hydrogen-bond acceptors (Lipinski definition) is 2. The first-order valence-corrected chi connectivity index (χ1v) is 17.1. The van der Waals surface area contributed by atoms with E-state index < -0.39 is 0 Å². The molecule has 0 spiro atoms. The maximum atomic E-state index is 6.49. The van der Waals surface area contributed by atoms with Gasteiger partial charge in [-0.25, -0.2) is 0 Å². The third-order valence-corrected chi connectivity index (χ3v) is 11.2. The van der Waals surface area contributed by atoms with Gasteiger partial charge in [0.1, 0.15) is 5.58 Å². The van der Waals surface area contributed by atoms with E-state index in [1.54, 1.807) is 0 Å². The number of hydrogen-bond donors (Lipinski definition) is 0. The summed E-state index contributed by atoms with van der Waals surface area (Å²) >= 11 is 1.88. The monoisotopic (exact) mass is 630 g/mol. The maximum Gasteiger partial charge on any atom is 0.213 e. The number of benzene rings is 7. The van der Waals surface area contributed by atoms with Gasteiger partial charge in [0.25, 0.3) is 0 Å². The van der Waals surface area contributed by atoms with Crippen molar-refractivity contribution in [1.82, 2.24) is 9.13 Å². The SMILES string of the molecule is c1ccc2c(c1)oc1c2c2ccccc2n1-c1ccc(-n2c3ccccc3c3cc(-c4cccc5c4sc4ccccc45)ccc32)cc1. The predicted octanol–water partition coefficient (Wildman–Crippen LogP) is 12.7. The lowest BCUT2D eigenvalue weighted by molar-refractivity contribution is 0.645. The smallest absolute Gasteiger partial charge is 0.213 e. The lowest BCUT2D eigenvalue weighted by atomic mass is 10.0. The molecule has 0 radical (unpaired) electrons. The molecule has 0 fully saturated rings. The Morgan fingerprint density at radius 1 is 0.438 bits per heavy atom. The summed E-state index contributed by atoms with van der Waals surface area (Å²) in [6.45, 7) is 0. The summed E-state index contributed by atoms with van der Waals surface area (Å²) in [6, 6.07) is 56.9.